The SMILES string of the molecule is O=C(NC(c1cccc(F)c1)c1ccccn1)C(O)c1ccccc1. The van der Waals surface area contributed by atoms with Crippen LogP contribution in [0.2, 0.25) is 0 Å². The lowest BCUT2D eigenvalue weighted by Crippen LogP contribution is -2.34. The Balaban J connectivity index is 1.89. The van der Waals surface area contributed by atoms with Crippen LogP contribution in [-0.2, 0) is 4.79 Å². The molecule has 2 aromatic carbocycles. The number of aliphatic hydroxyl groups excluding tert-OH is 1. The summed E-state index contributed by atoms with van der Waals surface area (Å²) in [6.45, 7) is 0. The first kappa shape index (κ1) is 16.8. The maximum Gasteiger partial charge on any atom is 0.254 e. The number of amides is 1. The van der Waals surface area contributed by atoms with Gasteiger partial charge in [-0.15, -0.1) is 0 Å². The Morgan fingerprint density at radius 1 is 0.960 bits per heavy atom. The van der Waals surface area contributed by atoms with E-state index in [0.29, 0.717) is 16.8 Å². The van der Waals surface area contributed by atoms with E-state index in [2.05, 4.69) is 10.3 Å². The minimum absolute atomic E-state index is 0.406. The number of carbonyl (C=O) groups excluding carboxylic acids is 1. The van der Waals surface area contributed by atoms with Gasteiger partial charge in [0.05, 0.1) is 11.7 Å². The van der Waals surface area contributed by atoms with Crippen molar-refractivity contribution >= 4 is 5.91 Å². The second-order valence-corrected chi connectivity index (χ2v) is 5.56. The van der Waals surface area contributed by atoms with E-state index in [1.165, 1.54) is 12.1 Å². The lowest BCUT2D eigenvalue weighted by molar-refractivity contribution is -0.130. The predicted octanol–water partition coefficient (Wildman–Crippen LogP) is 3.16. The lowest BCUT2D eigenvalue weighted by Gasteiger charge is -2.21. The summed E-state index contributed by atoms with van der Waals surface area (Å²) in [4.78, 5) is 16.8. The van der Waals surface area contributed by atoms with Crippen molar-refractivity contribution in [2.45, 2.75) is 12.1 Å². The summed E-state index contributed by atoms with van der Waals surface area (Å²) in [6, 6.07) is 19.2. The van der Waals surface area contributed by atoms with Crippen LogP contribution in [0.4, 0.5) is 4.39 Å². The minimum Gasteiger partial charge on any atom is -0.378 e. The molecule has 0 bridgehead atoms. The third kappa shape index (κ3) is 4.08. The summed E-state index contributed by atoms with van der Waals surface area (Å²) >= 11 is 0. The zero-order chi connectivity index (χ0) is 17.6. The molecule has 2 unspecified atom stereocenters. The van der Waals surface area contributed by atoms with E-state index < -0.39 is 23.9 Å². The maximum absolute atomic E-state index is 13.6. The molecule has 4 nitrogen and oxygen atoms in total. The number of benzene rings is 2. The standard InChI is InChI=1S/C20H17FN2O2/c21-16-10-6-9-15(13-16)18(17-11-4-5-12-22-17)23-20(25)19(24)14-7-2-1-3-8-14/h1-13,18-19,24H,(H,23,25). The average Bonchev–Trinajstić information content (AvgIpc) is 2.66. The van der Waals surface area contributed by atoms with Gasteiger partial charge >= 0.3 is 0 Å². The molecule has 5 heteroatoms. The summed E-state index contributed by atoms with van der Waals surface area (Å²) in [5.74, 6) is -0.984. The van der Waals surface area contributed by atoms with Gasteiger partial charge in [0.2, 0.25) is 0 Å². The molecule has 0 aliphatic rings. The first-order valence-corrected chi connectivity index (χ1v) is 7.85. The number of aliphatic hydroxyl groups is 1. The van der Waals surface area contributed by atoms with Crippen molar-refractivity contribution in [1.82, 2.24) is 10.3 Å². The van der Waals surface area contributed by atoms with Crippen LogP contribution < -0.4 is 5.32 Å². The second kappa shape index (κ2) is 7.68. The first-order chi connectivity index (χ1) is 12.1. The Morgan fingerprint density at radius 2 is 1.68 bits per heavy atom. The van der Waals surface area contributed by atoms with E-state index in [4.69, 9.17) is 0 Å². The number of hydrogen-bond acceptors (Lipinski definition) is 3. The molecule has 3 rings (SSSR count). The molecule has 25 heavy (non-hydrogen) atoms. The third-order valence-electron chi connectivity index (χ3n) is 3.82. The molecule has 1 aromatic heterocycles. The van der Waals surface area contributed by atoms with E-state index in [9.17, 15) is 14.3 Å². The van der Waals surface area contributed by atoms with Gasteiger partial charge in [-0.25, -0.2) is 4.39 Å². The molecule has 0 fully saturated rings. The number of rotatable bonds is 5. The molecule has 1 heterocycles. The minimum atomic E-state index is -1.32. The summed E-state index contributed by atoms with van der Waals surface area (Å²) in [7, 11) is 0. The van der Waals surface area contributed by atoms with Crippen molar-refractivity contribution in [1.29, 1.82) is 0 Å². The molecule has 2 N–H and O–H groups in total. The highest BCUT2D eigenvalue weighted by molar-refractivity contribution is 5.82. The monoisotopic (exact) mass is 336 g/mol. The van der Waals surface area contributed by atoms with Gasteiger partial charge in [0.1, 0.15) is 5.82 Å². The summed E-state index contributed by atoms with van der Waals surface area (Å²) in [5.41, 5.74) is 1.59. The molecule has 126 valence electrons. The maximum atomic E-state index is 13.6. The molecule has 2 atom stereocenters. The molecule has 0 radical (unpaired) electrons. The topological polar surface area (TPSA) is 62.2 Å². The summed E-state index contributed by atoms with van der Waals surface area (Å²) in [5, 5.41) is 13.0. The van der Waals surface area contributed by atoms with Crippen LogP contribution in [0, 0.1) is 5.82 Å². The van der Waals surface area contributed by atoms with Crippen LogP contribution in [0.5, 0.6) is 0 Å². The van der Waals surface area contributed by atoms with E-state index in [-0.39, 0.29) is 0 Å². The van der Waals surface area contributed by atoms with Crippen LogP contribution in [0.15, 0.2) is 79.0 Å². The third-order valence-corrected chi connectivity index (χ3v) is 3.82. The fraction of sp³-hybridized carbons (Fsp3) is 0.100. The fourth-order valence-corrected chi connectivity index (χ4v) is 2.57. The van der Waals surface area contributed by atoms with E-state index in [1.807, 2.05) is 0 Å². The van der Waals surface area contributed by atoms with Crippen LogP contribution in [-0.4, -0.2) is 16.0 Å². The number of carbonyl (C=O) groups is 1. The van der Waals surface area contributed by atoms with Crippen LogP contribution in [0.25, 0.3) is 0 Å². The summed E-state index contributed by atoms with van der Waals surface area (Å²) < 4.78 is 13.6. The highest BCUT2D eigenvalue weighted by Crippen LogP contribution is 2.23. The van der Waals surface area contributed by atoms with Crippen molar-refractivity contribution < 1.29 is 14.3 Å². The zero-order valence-electron chi connectivity index (χ0n) is 13.3. The number of pyridine rings is 1. The molecular weight excluding hydrogens is 319 g/mol. The van der Waals surface area contributed by atoms with Gasteiger partial charge in [-0.1, -0.05) is 48.5 Å². The highest BCUT2D eigenvalue weighted by Gasteiger charge is 2.23. The van der Waals surface area contributed by atoms with Gasteiger partial charge in [0.15, 0.2) is 6.10 Å². The van der Waals surface area contributed by atoms with Gasteiger partial charge < -0.3 is 10.4 Å². The van der Waals surface area contributed by atoms with Gasteiger partial charge in [-0.05, 0) is 35.4 Å². The summed E-state index contributed by atoms with van der Waals surface area (Å²) in [6.07, 6.45) is 0.280. The Bertz CT molecular complexity index is 841. The zero-order valence-corrected chi connectivity index (χ0v) is 13.3. The van der Waals surface area contributed by atoms with Crippen molar-refractivity contribution in [3.8, 4) is 0 Å². The van der Waals surface area contributed by atoms with Crippen molar-refractivity contribution in [2.24, 2.45) is 0 Å². The molecule has 3 aromatic rings. The average molecular weight is 336 g/mol. The van der Waals surface area contributed by atoms with Gasteiger partial charge in [0, 0.05) is 6.20 Å². The first-order valence-electron chi connectivity index (χ1n) is 7.85. The molecule has 0 aliphatic heterocycles. The lowest BCUT2D eigenvalue weighted by atomic mass is 10.0. The molecule has 0 saturated carbocycles. The molecule has 0 spiro atoms. The van der Waals surface area contributed by atoms with Crippen LogP contribution in [0.1, 0.15) is 29.0 Å². The Kier molecular flexibility index (Phi) is 5.16. The van der Waals surface area contributed by atoms with E-state index in [1.54, 1.807) is 66.9 Å². The number of halogens is 1. The van der Waals surface area contributed by atoms with Gasteiger partial charge in [-0.2, -0.15) is 0 Å². The largest absolute Gasteiger partial charge is 0.378 e. The highest BCUT2D eigenvalue weighted by atomic mass is 19.1. The van der Waals surface area contributed by atoms with E-state index >= 15 is 0 Å². The quantitative estimate of drug-likeness (QED) is 0.752. The van der Waals surface area contributed by atoms with Crippen molar-refractivity contribution in [3.05, 3.63) is 102 Å². The molecule has 0 saturated heterocycles. The fourth-order valence-electron chi connectivity index (χ4n) is 2.57. The molecule has 1 amide bonds. The smallest absolute Gasteiger partial charge is 0.254 e. The number of aromatic nitrogens is 1. The number of nitrogens with zero attached hydrogens (tertiary/aromatic N) is 1. The van der Waals surface area contributed by atoms with Gasteiger partial charge in [0.25, 0.3) is 5.91 Å². The second-order valence-electron chi connectivity index (χ2n) is 5.56. The number of nitrogens with one attached hydrogen (secondary N) is 1. The van der Waals surface area contributed by atoms with Crippen molar-refractivity contribution in [2.75, 3.05) is 0 Å². The van der Waals surface area contributed by atoms with Crippen LogP contribution >= 0.6 is 0 Å². The Hall–Kier alpha value is -3.05. The Labute approximate surface area is 145 Å². The van der Waals surface area contributed by atoms with Crippen molar-refractivity contribution in [3.63, 3.8) is 0 Å². The van der Waals surface area contributed by atoms with E-state index in [0.717, 1.165) is 0 Å². The molecular formula is C20H17FN2O2. The normalized spacial score (nSPS) is 13.0. The van der Waals surface area contributed by atoms with Gasteiger partial charge in [-0.3, -0.25) is 9.78 Å². The Morgan fingerprint density at radius 3 is 2.36 bits per heavy atom. The number of hydrogen-bond donors (Lipinski definition) is 2. The predicted molar refractivity (Wildman–Crippen MR) is 92.0 cm³/mol. The van der Waals surface area contributed by atoms with Crippen LogP contribution in [0.3, 0.4) is 0 Å². The molecule has 0 aliphatic carbocycles.